The first-order chi connectivity index (χ1) is 9.04. The second-order valence-corrected chi connectivity index (χ2v) is 7.48. The van der Waals surface area contributed by atoms with Crippen LogP contribution in [0, 0.1) is 20.8 Å². The van der Waals surface area contributed by atoms with Gasteiger partial charge in [0.15, 0.2) is 0 Å². The van der Waals surface area contributed by atoms with E-state index in [0.29, 0.717) is 0 Å². The Hall–Kier alpha value is -0.640. The molecule has 1 nitrogen and oxygen atoms in total. The molecule has 1 heterocycles. The Bertz CT molecular complexity index is 574. The van der Waals surface area contributed by atoms with Crippen LogP contribution in [0.15, 0.2) is 28.1 Å². The maximum Gasteiger partial charge on any atom is 0.0704 e. The Labute approximate surface area is 128 Å². The highest BCUT2D eigenvalue weighted by Gasteiger charge is 2.19. The lowest BCUT2D eigenvalue weighted by atomic mass is 9.93. The molecular formula is C16H20BrNS. The lowest BCUT2D eigenvalue weighted by Gasteiger charge is -2.21. The van der Waals surface area contributed by atoms with Gasteiger partial charge >= 0.3 is 0 Å². The van der Waals surface area contributed by atoms with E-state index in [1.165, 1.54) is 30.9 Å². The van der Waals surface area contributed by atoms with Crippen molar-refractivity contribution in [3.8, 4) is 0 Å². The van der Waals surface area contributed by atoms with Crippen LogP contribution < -0.4 is 5.32 Å². The van der Waals surface area contributed by atoms with Gasteiger partial charge in [-0.3, -0.25) is 0 Å². The minimum atomic E-state index is 0.285. The van der Waals surface area contributed by atoms with Gasteiger partial charge < -0.3 is 5.32 Å². The number of halogens is 1. The monoisotopic (exact) mass is 337 g/mol. The lowest BCUT2D eigenvalue weighted by Crippen LogP contribution is -2.23. The summed E-state index contributed by atoms with van der Waals surface area (Å²) in [5.41, 5.74) is 5.50. The standard InChI is InChI=1S/C16H20BrNS/c1-5-18-16(14-9-15(17)19-12(14)4)13-8-6-7-10(2)11(13)3/h6-9,16,18H,5H2,1-4H3. The average molecular weight is 338 g/mol. The maximum atomic E-state index is 3.62. The van der Waals surface area contributed by atoms with E-state index in [1.54, 1.807) is 11.3 Å². The second-order valence-electron chi connectivity index (χ2n) is 4.84. The molecule has 0 aliphatic rings. The van der Waals surface area contributed by atoms with Gasteiger partial charge in [0.2, 0.25) is 0 Å². The molecule has 0 saturated carbocycles. The Balaban J connectivity index is 2.51. The summed E-state index contributed by atoms with van der Waals surface area (Å²) in [6, 6.07) is 9.10. The summed E-state index contributed by atoms with van der Waals surface area (Å²) in [7, 11) is 0. The van der Waals surface area contributed by atoms with Gasteiger partial charge in [-0.05, 0) is 71.6 Å². The summed E-state index contributed by atoms with van der Waals surface area (Å²) < 4.78 is 1.20. The predicted molar refractivity (Wildman–Crippen MR) is 88.2 cm³/mol. The van der Waals surface area contributed by atoms with Crippen molar-refractivity contribution in [2.24, 2.45) is 0 Å². The van der Waals surface area contributed by atoms with Gasteiger partial charge in [-0.25, -0.2) is 0 Å². The zero-order valence-corrected chi connectivity index (χ0v) is 14.3. The van der Waals surface area contributed by atoms with E-state index in [9.17, 15) is 0 Å². The second kappa shape index (κ2) is 6.21. The fourth-order valence-corrected chi connectivity index (χ4v) is 4.17. The quantitative estimate of drug-likeness (QED) is 0.814. The Kier molecular flexibility index (Phi) is 4.82. The van der Waals surface area contributed by atoms with Crippen molar-refractivity contribution in [3.05, 3.63) is 55.2 Å². The minimum Gasteiger partial charge on any atom is -0.306 e. The number of benzene rings is 1. The molecule has 0 spiro atoms. The smallest absolute Gasteiger partial charge is 0.0704 e. The van der Waals surface area contributed by atoms with E-state index in [1.807, 2.05) is 0 Å². The summed E-state index contributed by atoms with van der Waals surface area (Å²) in [4.78, 5) is 1.37. The van der Waals surface area contributed by atoms with Crippen LogP contribution in [0.5, 0.6) is 0 Å². The number of rotatable bonds is 4. The molecule has 1 unspecified atom stereocenters. The van der Waals surface area contributed by atoms with Crippen molar-refractivity contribution in [2.75, 3.05) is 6.54 Å². The molecule has 0 fully saturated rings. The molecule has 3 heteroatoms. The van der Waals surface area contributed by atoms with E-state index in [0.717, 1.165) is 6.54 Å². The van der Waals surface area contributed by atoms with Crippen LogP contribution in [0.4, 0.5) is 0 Å². The molecule has 2 rings (SSSR count). The molecule has 0 aliphatic heterocycles. The average Bonchev–Trinajstić information content (AvgIpc) is 2.69. The van der Waals surface area contributed by atoms with Crippen molar-refractivity contribution in [3.63, 3.8) is 0 Å². The van der Waals surface area contributed by atoms with E-state index in [-0.39, 0.29) is 6.04 Å². The van der Waals surface area contributed by atoms with Gasteiger partial charge in [0.1, 0.15) is 0 Å². The molecule has 0 radical (unpaired) electrons. The van der Waals surface area contributed by atoms with Crippen LogP contribution in [-0.4, -0.2) is 6.54 Å². The first-order valence-electron chi connectivity index (χ1n) is 6.60. The van der Waals surface area contributed by atoms with Gasteiger partial charge in [-0.15, -0.1) is 11.3 Å². The number of thiophene rings is 1. The molecule has 0 bridgehead atoms. The van der Waals surface area contributed by atoms with Crippen LogP contribution in [0.2, 0.25) is 0 Å². The first kappa shape index (κ1) is 14.8. The topological polar surface area (TPSA) is 12.0 Å². The van der Waals surface area contributed by atoms with E-state index in [4.69, 9.17) is 0 Å². The molecule has 1 aromatic heterocycles. The normalized spacial score (nSPS) is 12.7. The van der Waals surface area contributed by atoms with Crippen molar-refractivity contribution in [1.29, 1.82) is 0 Å². The van der Waals surface area contributed by atoms with Crippen LogP contribution in [0.1, 0.15) is 40.1 Å². The number of aryl methyl sites for hydroxylation is 2. The highest BCUT2D eigenvalue weighted by molar-refractivity contribution is 9.11. The third kappa shape index (κ3) is 3.10. The zero-order chi connectivity index (χ0) is 14.0. The molecule has 2 aromatic rings. The summed E-state index contributed by atoms with van der Waals surface area (Å²) in [6.45, 7) is 9.71. The molecule has 102 valence electrons. The van der Waals surface area contributed by atoms with Crippen LogP contribution in [0.25, 0.3) is 0 Å². The van der Waals surface area contributed by atoms with Gasteiger partial charge in [0.05, 0.1) is 9.83 Å². The van der Waals surface area contributed by atoms with E-state index < -0.39 is 0 Å². The molecule has 19 heavy (non-hydrogen) atoms. The Morgan fingerprint density at radius 1 is 1.21 bits per heavy atom. The minimum absolute atomic E-state index is 0.285. The molecule has 0 aliphatic carbocycles. The van der Waals surface area contributed by atoms with Crippen LogP contribution in [0.3, 0.4) is 0 Å². The maximum absolute atomic E-state index is 3.62. The summed E-state index contributed by atoms with van der Waals surface area (Å²) in [5.74, 6) is 0. The molecule has 1 N–H and O–H groups in total. The van der Waals surface area contributed by atoms with Gasteiger partial charge in [-0.1, -0.05) is 25.1 Å². The van der Waals surface area contributed by atoms with Gasteiger partial charge in [0, 0.05) is 4.88 Å². The van der Waals surface area contributed by atoms with Crippen molar-refractivity contribution in [2.45, 2.75) is 33.7 Å². The van der Waals surface area contributed by atoms with E-state index >= 15 is 0 Å². The molecule has 0 amide bonds. The third-order valence-corrected chi connectivity index (χ3v) is 5.17. The highest BCUT2D eigenvalue weighted by atomic mass is 79.9. The fourth-order valence-electron chi connectivity index (χ4n) is 2.42. The molecule has 1 aromatic carbocycles. The number of hydrogen-bond acceptors (Lipinski definition) is 2. The van der Waals surface area contributed by atoms with Crippen molar-refractivity contribution >= 4 is 27.3 Å². The number of nitrogens with one attached hydrogen (secondary N) is 1. The van der Waals surface area contributed by atoms with Gasteiger partial charge in [-0.2, -0.15) is 0 Å². The third-order valence-electron chi connectivity index (χ3n) is 3.60. The summed E-state index contributed by atoms with van der Waals surface area (Å²) >= 11 is 5.40. The predicted octanol–water partition coefficient (Wildman–Crippen LogP) is 5.13. The molecule has 1 atom stereocenters. The Morgan fingerprint density at radius 3 is 2.53 bits per heavy atom. The zero-order valence-electron chi connectivity index (χ0n) is 11.9. The largest absolute Gasteiger partial charge is 0.306 e. The first-order valence-corrected chi connectivity index (χ1v) is 8.20. The lowest BCUT2D eigenvalue weighted by molar-refractivity contribution is 0.626. The summed E-state index contributed by atoms with van der Waals surface area (Å²) in [6.07, 6.45) is 0. The van der Waals surface area contributed by atoms with Crippen molar-refractivity contribution < 1.29 is 0 Å². The molecular weight excluding hydrogens is 318 g/mol. The fraction of sp³-hybridized carbons (Fsp3) is 0.375. The Morgan fingerprint density at radius 2 is 1.95 bits per heavy atom. The SMILES string of the molecule is CCNC(c1cc(Br)sc1C)c1cccc(C)c1C. The van der Waals surface area contributed by atoms with Crippen LogP contribution >= 0.6 is 27.3 Å². The van der Waals surface area contributed by atoms with E-state index in [2.05, 4.69) is 73.2 Å². The molecule has 0 saturated heterocycles. The van der Waals surface area contributed by atoms with Gasteiger partial charge in [0.25, 0.3) is 0 Å². The summed E-state index contributed by atoms with van der Waals surface area (Å²) in [5, 5.41) is 3.62. The number of hydrogen-bond donors (Lipinski definition) is 1. The van der Waals surface area contributed by atoms with Crippen molar-refractivity contribution in [1.82, 2.24) is 5.32 Å². The van der Waals surface area contributed by atoms with Crippen LogP contribution in [-0.2, 0) is 0 Å². The highest BCUT2D eigenvalue weighted by Crippen LogP contribution is 2.35.